The summed E-state index contributed by atoms with van der Waals surface area (Å²) in [4.78, 5) is 12.5. The minimum Gasteiger partial charge on any atom is -0.316 e. The Balaban J connectivity index is 1.65. The number of piperidine rings is 1. The Morgan fingerprint density at radius 1 is 1.42 bits per heavy atom. The van der Waals surface area contributed by atoms with Crippen molar-refractivity contribution in [2.24, 2.45) is 11.8 Å². The smallest absolute Gasteiger partial charge is 0.225 e. The average Bonchev–Trinajstić information content (AvgIpc) is 3.03. The lowest BCUT2D eigenvalue weighted by Crippen LogP contribution is -2.34. The van der Waals surface area contributed by atoms with Crippen LogP contribution in [0.2, 0.25) is 0 Å². The molecule has 0 aliphatic carbocycles. The Bertz CT molecular complexity index is 688. The van der Waals surface area contributed by atoms with Gasteiger partial charge < -0.3 is 10.6 Å². The molecule has 1 aromatic carbocycles. The molecule has 1 saturated heterocycles. The number of carbonyl (C=O) groups excluding carboxylic acids is 1. The van der Waals surface area contributed by atoms with Gasteiger partial charge in [0.15, 0.2) is 0 Å². The monoisotopic (exact) mass is 326 g/mol. The number of nitrogens with one attached hydrogen (secondary N) is 2. The fraction of sp³-hybridized carbons (Fsp3) is 0.474. The molecule has 2 aromatic rings. The van der Waals surface area contributed by atoms with Gasteiger partial charge in [0.1, 0.15) is 5.82 Å². The molecule has 1 aliphatic heterocycles. The Morgan fingerprint density at radius 3 is 3.00 bits per heavy atom. The third kappa shape index (κ3) is 3.85. The van der Waals surface area contributed by atoms with Crippen LogP contribution in [-0.4, -0.2) is 28.8 Å². The van der Waals surface area contributed by atoms with Crippen LogP contribution in [-0.2, 0) is 4.79 Å². The molecule has 2 unspecified atom stereocenters. The van der Waals surface area contributed by atoms with Gasteiger partial charge in [-0.25, -0.2) is 4.68 Å². The SMILES string of the molecule is Cc1ccccc1-n1nccc1NC(=O)CC(C)C1CCCNC1. The Kier molecular flexibility index (Phi) is 5.30. The van der Waals surface area contributed by atoms with Crippen LogP contribution in [0.5, 0.6) is 0 Å². The van der Waals surface area contributed by atoms with Crippen molar-refractivity contribution in [1.29, 1.82) is 0 Å². The number of aromatic nitrogens is 2. The number of benzene rings is 1. The number of hydrogen-bond acceptors (Lipinski definition) is 3. The highest BCUT2D eigenvalue weighted by Crippen LogP contribution is 2.24. The maximum absolute atomic E-state index is 12.5. The molecule has 3 rings (SSSR count). The van der Waals surface area contributed by atoms with E-state index in [1.165, 1.54) is 12.8 Å². The van der Waals surface area contributed by atoms with E-state index in [0.29, 0.717) is 18.3 Å². The Hall–Kier alpha value is -2.14. The third-order valence-electron chi connectivity index (χ3n) is 4.90. The summed E-state index contributed by atoms with van der Waals surface area (Å²) in [6.45, 7) is 6.34. The molecule has 1 fully saturated rings. The largest absolute Gasteiger partial charge is 0.316 e. The molecule has 1 aromatic heterocycles. The van der Waals surface area contributed by atoms with E-state index in [4.69, 9.17) is 0 Å². The molecular formula is C19H26N4O. The van der Waals surface area contributed by atoms with Gasteiger partial charge in [-0.3, -0.25) is 4.79 Å². The topological polar surface area (TPSA) is 59.0 Å². The Labute approximate surface area is 143 Å². The second kappa shape index (κ2) is 7.62. The summed E-state index contributed by atoms with van der Waals surface area (Å²) >= 11 is 0. The van der Waals surface area contributed by atoms with Crippen LogP contribution in [0.1, 0.15) is 31.7 Å². The van der Waals surface area contributed by atoms with Gasteiger partial charge in [-0.2, -0.15) is 5.10 Å². The average molecular weight is 326 g/mol. The van der Waals surface area contributed by atoms with E-state index in [9.17, 15) is 4.79 Å². The van der Waals surface area contributed by atoms with Gasteiger partial charge in [0.05, 0.1) is 11.9 Å². The normalized spacial score (nSPS) is 19.0. The summed E-state index contributed by atoms with van der Waals surface area (Å²) < 4.78 is 1.79. The van der Waals surface area contributed by atoms with Crippen molar-refractivity contribution < 1.29 is 4.79 Å². The molecule has 2 heterocycles. The van der Waals surface area contributed by atoms with Crippen molar-refractivity contribution in [2.45, 2.75) is 33.1 Å². The van der Waals surface area contributed by atoms with Crippen LogP contribution >= 0.6 is 0 Å². The molecule has 24 heavy (non-hydrogen) atoms. The first kappa shape index (κ1) is 16.7. The van der Waals surface area contributed by atoms with Crippen molar-refractivity contribution in [3.8, 4) is 5.69 Å². The highest BCUT2D eigenvalue weighted by molar-refractivity contribution is 5.90. The second-order valence-electron chi connectivity index (χ2n) is 6.75. The van der Waals surface area contributed by atoms with E-state index in [1.54, 1.807) is 10.9 Å². The molecule has 2 N–H and O–H groups in total. The molecular weight excluding hydrogens is 300 g/mol. The van der Waals surface area contributed by atoms with E-state index in [1.807, 2.05) is 37.3 Å². The van der Waals surface area contributed by atoms with Gasteiger partial charge in [-0.1, -0.05) is 25.1 Å². The van der Waals surface area contributed by atoms with Gasteiger partial charge in [-0.15, -0.1) is 0 Å². The molecule has 0 bridgehead atoms. The third-order valence-corrected chi connectivity index (χ3v) is 4.90. The minimum absolute atomic E-state index is 0.0587. The predicted octanol–water partition coefficient (Wildman–Crippen LogP) is 3.15. The van der Waals surface area contributed by atoms with E-state index >= 15 is 0 Å². The summed E-state index contributed by atoms with van der Waals surface area (Å²) in [5.74, 6) is 1.75. The molecule has 0 saturated carbocycles. The maximum Gasteiger partial charge on any atom is 0.225 e. The number of amides is 1. The Morgan fingerprint density at radius 2 is 2.25 bits per heavy atom. The zero-order valence-corrected chi connectivity index (χ0v) is 14.5. The number of carbonyl (C=O) groups is 1. The molecule has 5 nitrogen and oxygen atoms in total. The lowest BCUT2D eigenvalue weighted by atomic mass is 9.85. The van der Waals surface area contributed by atoms with Crippen molar-refractivity contribution in [1.82, 2.24) is 15.1 Å². The van der Waals surface area contributed by atoms with Crippen molar-refractivity contribution in [3.63, 3.8) is 0 Å². The van der Waals surface area contributed by atoms with Crippen molar-refractivity contribution in [3.05, 3.63) is 42.1 Å². The fourth-order valence-corrected chi connectivity index (χ4v) is 3.41. The second-order valence-corrected chi connectivity index (χ2v) is 6.75. The van der Waals surface area contributed by atoms with Crippen LogP contribution in [0.4, 0.5) is 5.82 Å². The predicted molar refractivity (Wildman–Crippen MR) is 96.3 cm³/mol. The zero-order chi connectivity index (χ0) is 16.9. The number of nitrogens with zero attached hydrogens (tertiary/aromatic N) is 2. The summed E-state index contributed by atoms with van der Waals surface area (Å²) in [6.07, 6.45) is 4.68. The van der Waals surface area contributed by atoms with Gasteiger partial charge in [0, 0.05) is 12.5 Å². The molecule has 128 valence electrons. The molecule has 2 atom stereocenters. The fourth-order valence-electron chi connectivity index (χ4n) is 3.41. The molecule has 0 radical (unpaired) electrons. The number of rotatable bonds is 5. The summed E-state index contributed by atoms with van der Waals surface area (Å²) in [6, 6.07) is 9.88. The lowest BCUT2D eigenvalue weighted by molar-refractivity contribution is -0.117. The number of aryl methyl sites for hydroxylation is 1. The summed E-state index contributed by atoms with van der Waals surface area (Å²) in [7, 11) is 0. The van der Waals surface area contributed by atoms with Crippen LogP contribution in [0.25, 0.3) is 5.69 Å². The first-order valence-electron chi connectivity index (χ1n) is 8.75. The van der Waals surface area contributed by atoms with Crippen LogP contribution in [0, 0.1) is 18.8 Å². The minimum atomic E-state index is 0.0587. The lowest BCUT2D eigenvalue weighted by Gasteiger charge is -2.28. The first-order valence-corrected chi connectivity index (χ1v) is 8.75. The quantitative estimate of drug-likeness (QED) is 0.887. The number of para-hydroxylation sites is 1. The maximum atomic E-state index is 12.5. The summed E-state index contributed by atoms with van der Waals surface area (Å²) in [5.41, 5.74) is 2.11. The van der Waals surface area contributed by atoms with E-state index < -0.39 is 0 Å². The summed E-state index contributed by atoms with van der Waals surface area (Å²) in [5, 5.41) is 10.8. The van der Waals surface area contributed by atoms with Crippen LogP contribution in [0.15, 0.2) is 36.5 Å². The molecule has 5 heteroatoms. The van der Waals surface area contributed by atoms with Gasteiger partial charge in [0.25, 0.3) is 0 Å². The van der Waals surface area contributed by atoms with Crippen molar-refractivity contribution in [2.75, 3.05) is 18.4 Å². The van der Waals surface area contributed by atoms with Gasteiger partial charge in [-0.05, 0) is 56.3 Å². The van der Waals surface area contributed by atoms with Crippen LogP contribution in [0.3, 0.4) is 0 Å². The highest BCUT2D eigenvalue weighted by Gasteiger charge is 2.22. The van der Waals surface area contributed by atoms with Crippen LogP contribution < -0.4 is 10.6 Å². The first-order chi connectivity index (χ1) is 11.6. The van der Waals surface area contributed by atoms with Crippen molar-refractivity contribution >= 4 is 11.7 Å². The van der Waals surface area contributed by atoms with E-state index in [2.05, 4.69) is 22.7 Å². The van der Waals surface area contributed by atoms with Gasteiger partial charge in [0.2, 0.25) is 5.91 Å². The highest BCUT2D eigenvalue weighted by atomic mass is 16.1. The zero-order valence-electron chi connectivity index (χ0n) is 14.5. The van der Waals surface area contributed by atoms with E-state index in [0.717, 1.165) is 30.2 Å². The van der Waals surface area contributed by atoms with E-state index in [-0.39, 0.29) is 5.91 Å². The number of hydrogen-bond donors (Lipinski definition) is 2. The molecule has 1 amide bonds. The number of anilines is 1. The molecule has 1 aliphatic rings. The van der Waals surface area contributed by atoms with Gasteiger partial charge >= 0.3 is 0 Å². The molecule has 0 spiro atoms. The standard InChI is InChI=1S/C19H26N4O/c1-14-6-3-4-8-17(14)23-18(9-11-21-23)22-19(24)12-15(2)16-7-5-10-20-13-16/h3-4,6,8-9,11,15-16,20H,5,7,10,12-13H2,1-2H3,(H,22,24).